The molecule has 0 radical (unpaired) electrons. The highest BCUT2D eigenvalue weighted by atomic mass is 35.5. The number of nitrogens with zero attached hydrogens (tertiary/aromatic N) is 2. The van der Waals surface area contributed by atoms with Crippen LogP contribution in [-0.4, -0.2) is 30.3 Å². The minimum absolute atomic E-state index is 0.372. The summed E-state index contributed by atoms with van der Waals surface area (Å²) in [5.41, 5.74) is 1.26. The molecular weight excluding hydrogens is 424 g/mol. The summed E-state index contributed by atoms with van der Waals surface area (Å²) >= 11 is 7.81. The predicted octanol–water partition coefficient (Wildman–Crippen LogP) is 5.31. The van der Waals surface area contributed by atoms with Crippen molar-refractivity contribution in [2.24, 2.45) is 4.99 Å². The zero-order valence-electron chi connectivity index (χ0n) is 17.5. The second-order valence-electron chi connectivity index (χ2n) is 6.23. The number of para-hydroxylation sites is 1. The molecule has 6 nitrogen and oxygen atoms in total. The Labute approximate surface area is 184 Å². The van der Waals surface area contributed by atoms with Crippen molar-refractivity contribution in [1.29, 1.82) is 0 Å². The molecule has 0 atom stereocenters. The Balaban J connectivity index is 2.13. The second-order valence-corrected chi connectivity index (χ2v) is 7.65. The summed E-state index contributed by atoms with van der Waals surface area (Å²) in [4.78, 5) is 18.0. The lowest BCUT2D eigenvalue weighted by Crippen LogP contribution is -2.16. The Morgan fingerprint density at radius 2 is 1.67 bits per heavy atom. The van der Waals surface area contributed by atoms with E-state index in [4.69, 9.17) is 25.8 Å². The van der Waals surface area contributed by atoms with Crippen LogP contribution in [0.2, 0.25) is 5.02 Å². The molecule has 0 N–H and O–H groups in total. The SMILES string of the molecule is CCOc1cc(C(=O)N=c2sc3cccc(Cl)c3n2CC)cc(OCC)c1OCC. The topological polar surface area (TPSA) is 62.0 Å². The Hall–Kier alpha value is -2.51. The van der Waals surface area contributed by atoms with Crippen LogP contribution in [-0.2, 0) is 6.54 Å². The first kappa shape index (κ1) is 22.2. The molecule has 0 unspecified atom stereocenters. The average Bonchev–Trinajstić information content (AvgIpc) is 3.08. The van der Waals surface area contributed by atoms with E-state index in [9.17, 15) is 4.79 Å². The number of aryl methyl sites for hydroxylation is 1. The van der Waals surface area contributed by atoms with Crippen molar-refractivity contribution in [1.82, 2.24) is 4.57 Å². The molecule has 0 spiro atoms. The molecule has 0 saturated carbocycles. The summed E-state index contributed by atoms with van der Waals surface area (Å²) in [7, 11) is 0. The number of thiazole rings is 1. The zero-order valence-corrected chi connectivity index (χ0v) is 19.1. The van der Waals surface area contributed by atoms with Crippen molar-refractivity contribution < 1.29 is 19.0 Å². The van der Waals surface area contributed by atoms with Gasteiger partial charge in [0.25, 0.3) is 5.91 Å². The molecule has 0 aliphatic carbocycles. The highest BCUT2D eigenvalue weighted by molar-refractivity contribution is 7.16. The predicted molar refractivity (Wildman–Crippen MR) is 120 cm³/mol. The van der Waals surface area contributed by atoms with Gasteiger partial charge >= 0.3 is 0 Å². The first-order chi connectivity index (χ1) is 14.5. The fraction of sp³-hybridized carbons (Fsp3) is 0.364. The standard InChI is InChI=1S/C22H25ClN2O4S/c1-5-25-19-15(23)10-9-11-18(19)30-22(25)24-21(26)14-12-16(27-6-2)20(29-8-4)17(13-14)28-7-3/h9-13H,5-8H2,1-4H3. The lowest BCUT2D eigenvalue weighted by molar-refractivity contribution is 0.0996. The molecule has 0 aliphatic rings. The van der Waals surface area contributed by atoms with Gasteiger partial charge in [0.05, 0.1) is 35.1 Å². The van der Waals surface area contributed by atoms with Gasteiger partial charge in [-0.2, -0.15) is 4.99 Å². The summed E-state index contributed by atoms with van der Waals surface area (Å²) in [6.07, 6.45) is 0. The van der Waals surface area contributed by atoms with E-state index in [2.05, 4.69) is 4.99 Å². The first-order valence-corrected chi connectivity index (χ1v) is 11.2. The number of benzene rings is 2. The van der Waals surface area contributed by atoms with Gasteiger partial charge in [0, 0.05) is 12.1 Å². The number of halogens is 1. The van der Waals surface area contributed by atoms with Crippen molar-refractivity contribution in [2.75, 3.05) is 19.8 Å². The average molecular weight is 449 g/mol. The normalized spacial score (nSPS) is 11.7. The highest BCUT2D eigenvalue weighted by Crippen LogP contribution is 2.39. The molecule has 0 fully saturated rings. The number of hydrogen-bond acceptors (Lipinski definition) is 5. The number of rotatable bonds is 8. The molecule has 3 rings (SSSR count). The Morgan fingerprint density at radius 1 is 1.03 bits per heavy atom. The van der Waals surface area contributed by atoms with Crippen LogP contribution < -0.4 is 19.0 Å². The lowest BCUT2D eigenvalue weighted by Gasteiger charge is -2.16. The van der Waals surface area contributed by atoms with Crippen LogP contribution in [0, 0.1) is 0 Å². The number of hydrogen-bond donors (Lipinski definition) is 0. The van der Waals surface area contributed by atoms with Crippen LogP contribution in [0.5, 0.6) is 17.2 Å². The third-order valence-corrected chi connectivity index (χ3v) is 5.67. The maximum atomic E-state index is 13.1. The van der Waals surface area contributed by atoms with Gasteiger partial charge in [-0.05, 0) is 52.0 Å². The molecule has 1 amide bonds. The fourth-order valence-electron chi connectivity index (χ4n) is 3.13. The zero-order chi connectivity index (χ0) is 21.7. The molecule has 30 heavy (non-hydrogen) atoms. The van der Waals surface area contributed by atoms with Crippen molar-refractivity contribution in [3.63, 3.8) is 0 Å². The van der Waals surface area contributed by atoms with E-state index in [0.717, 1.165) is 10.2 Å². The van der Waals surface area contributed by atoms with E-state index < -0.39 is 0 Å². The minimum atomic E-state index is -0.384. The van der Waals surface area contributed by atoms with Gasteiger partial charge in [0.15, 0.2) is 16.3 Å². The number of fused-ring (bicyclic) bond motifs is 1. The Morgan fingerprint density at radius 3 is 2.23 bits per heavy atom. The Bertz CT molecular complexity index is 1090. The van der Waals surface area contributed by atoms with Crippen molar-refractivity contribution >= 4 is 39.1 Å². The van der Waals surface area contributed by atoms with Crippen molar-refractivity contribution in [3.8, 4) is 17.2 Å². The van der Waals surface area contributed by atoms with Crippen LogP contribution in [0.3, 0.4) is 0 Å². The van der Waals surface area contributed by atoms with Gasteiger partial charge in [-0.1, -0.05) is 29.0 Å². The monoisotopic (exact) mass is 448 g/mol. The van der Waals surface area contributed by atoms with Crippen molar-refractivity contribution in [3.05, 3.63) is 45.7 Å². The van der Waals surface area contributed by atoms with Crippen molar-refractivity contribution in [2.45, 2.75) is 34.2 Å². The molecule has 2 aromatic carbocycles. The first-order valence-electron chi connectivity index (χ1n) is 9.97. The molecule has 0 saturated heterocycles. The number of carbonyl (C=O) groups is 1. The van der Waals surface area contributed by atoms with E-state index in [-0.39, 0.29) is 5.91 Å². The third kappa shape index (κ3) is 4.47. The minimum Gasteiger partial charge on any atom is -0.490 e. The van der Waals surface area contributed by atoms with Crippen LogP contribution in [0.15, 0.2) is 35.3 Å². The van der Waals surface area contributed by atoms with E-state index in [1.165, 1.54) is 11.3 Å². The van der Waals surface area contributed by atoms with Gasteiger partial charge in [0.1, 0.15) is 0 Å². The van der Waals surface area contributed by atoms with Crippen LogP contribution >= 0.6 is 22.9 Å². The van der Waals surface area contributed by atoms with Gasteiger partial charge in [-0.3, -0.25) is 4.79 Å². The van der Waals surface area contributed by atoms with Gasteiger partial charge in [-0.15, -0.1) is 0 Å². The maximum absolute atomic E-state index is 13.1. The van der Waals surface area contributed by atoms with Crippen LogP contribution in [0.25, 0.3) is 10.2 Å². The van der Waals surface area contributed by atoms with E-state index in [1.807, 2.05) is 50.5 Å². The summed E-state index contributed by atoms with van der Waals surface area (Å²) in [6.45, 7) is 9.60. The summed E-state index contributed by atoms with van der Waals surface area (Å²) in [6, 6.07) is 9.00. The largest absolute Gasteiger partial charge is 0.490 e. The number of aromatic nitrogens is 1. The number of ether oxygens (including phenoxy) is 3. The summed E-state index contributed by atoms with van der Waals surface area (Å²) in [5, 5.41) is 0.637. The highest BCUT2D eigenvalue weighted by Gasteiger charge is 2.19. The maximum Gasteiger partial charge on any atom is 0.279 e. The quantitative estimate of drug-likeness (QED) is 0.468. The lowest BCUT2D eigenvalue weighted by atomic mass is 10.1. The van der Waals surface area contributed by atoms with Crippen LogP contribution in [0.1, 0.15) is 38.1 Å². The van der Waals surface area contributed by atoms with Gasteiger partial charge in [-0.25, -0.2) is 0 Å². The number of carbonyl (C=O) groups excluding carboxylic acids is 1. The van der Waals surface area contributed by atoms with Gasteiger partial charge < -0.3 is 18.8 Å². The molecule has 8 heteroatoms. The molecule has 1 aromatic heterocycles. The smallest absolute Gasteiger partial charge is 0.279 e. The van der Waals surface area contributed by atoms with Crippen LogP contribution in [0.4, 0.5) is 0 Å². The molecule has 0 aliphatic heterocycles. The molecule has 0 bridgehead atoms. The molecule has 160 valence electrons. The molecule has 1 heterocycles. The van der Waals surface area contributed by atoms with E-state index >= 15 is 0 Å². The number of amides is 1. The fourth-order valence-corrected chi connectivity index (χ4v) is 4.58. The van der Waals surface area contributed by atoms with E-state index in [1.54, 1.807) is 12.1 Å². The second kappa shape index (κ2) is 10.00. The summed E-state index contributed by atoms with van der Waals surface area (Å²) < 4.78 is 20.0. The third-order valence-electron chi connectivity index (χ3n) is 4.32. The Kier molecular flexibility index (Phi) is 7.39. The molecular formula is C22H25ClN2O4S. The van der Waals surface area contributed by atoms with Gasteiger partial charge in [0.2, 0.25) is 5.75 Å². The summed E-state index contributed by atoms with van der Waals surface area (Å²) in [5.74, 6) is 1.04. The van der Waals surface area contributed by atoms with E-state index in [0.29, 0.717) is 59.0 Å². The molecule has 3 aromatic rings.